The fourth-order valence-electron chi connectivity index (χ4n) is 3.48. The number of aliphatic carboxylic acids is 1. The molecule has 0 aromatic heterocycles. The Hall–Kier alpha value is -4.06. The molecule has 0 bridgehead atoms. The molecule has 39 heavy (non-hydrogen) atoms. The molecule has 210 valence electrons. The summed E-state index contributed by atoms with van der Waals surface area (Å²) < 4.78 is 59.8. The van der Waals surface area contributed by atoms with E-state index in [4.69, 9.17) is 9.90 Å². The number of nitrogens with zero attached hydrogens (tertiary/aromatic N) is 1. The maximum Gasteiger partial charge on any atom is 0.490 e. The van der Waals surface area contributed by atoms with E-state index in [-0.39, 0.29) is 16.1 Å². The number of rotatable bonds is 10. The molecule has 3 aromatic rings. The van der Waals surface area contributed by atoms with Crippen LogP contribution in [0, 0.1) is 6.92 Å². The van der Waals surface area contributed by atoms with Crippen LogP contribution in [0.1, 0.15) is 41.3 Å². The van der Waals surface area contributed by atoms with Crippen molar-refractivity contribution in [2.75, 3.05) is 16.2 Å². The van der Waals surface area contributed by atoms with E-state index in [1.54, 1.807) is 24.3 Å². The number of aryl methyl sites for hydroxylation is 1. The van der Waals surface area contributed by atoms with Gasteiger partial charge in [-0.2, -0.15) is 13.2 Å². The highest BCUT2D eigenvalue weighted by atomic mass is 32.2. The number of anilines is 2. The lowest BCUT2D eigenvalue weighted by atomic mass is 10.1. The summed E-state index contributed by atoms with van der Waals surface area (Å²) in [5.41, 5.74) is 2.73. The van der Waals surface area contributed by atoms with Crippen LogP contribution in [0.15, 0.2) is 77.7 Å². The number of carboxylic acids is 2. The number of hydrogen-bond donors (Lipinski definition) is 3. The Balaban J connectivity index is 0.000000673. The first kappa shape index (κ1) is 31.2. The van der Waals surface area contributed by atoms with Crippen molar-refractivity contribution in [1.29, 1.82) is 0 Å². The number of carbonyl (C=O) groups is 2. The molecule has 3 N–H and O–H groups in total. The number of hydrogen-bond acceptors (Lipinski definition) is 5. The summed E-state index contributed by atoms with van der Waals surface area (Å²) in [4.78, 5) is 23.1. The van der Waals surface area contributed by atoms with Gasteiger partial charge in [0.05, 0.1) is 16.1 Å². The minimum Gasteiger partial charge on any atom is -0.478 e. The molecular weight excluding hydrogens is 537 g/mol. The van der Waals surface area contributed by atoms with E-state index in [0.717, 1.165) is 24.0 Å². The third-order valence-electron chi connectivity index (χ3n) is 5.36. The van der Waals surface area contributed by atoms with Gasteiger partial charge in [0.15, 0.2) is 0 Å². The van der Waals surface area contributed by atoms with Gasteiger partial charge >= 0.3 is 18.1 Å². The lowest BCUT2D eigenvalue weighted by Crippen LogP contribution is -2.26. The lowest BCUT2D eigenvalue weighted by Gasteiger charge is -2.27. The first-order valence-corrected chi connectivity index (χ1v) is 13.3. The molecule has 0 saturated heterocycles. The molecule has 0 atom stereocenters. The van der Waals surface area contributed by atoms with Gasteiger partial charge < -0.3 is 15.1 Å². The van der Waals surface area contributed by atoms with Crippen LogP contribution in [0.2, 0.25) is 0 Å². The van der Waals surface area contributed by atoms with Gasteiger partial charge in [-0.3, -0.25) is 4.72 Å². The number of nitrogens with one attached hydrogen (secondary N) is 1. The van der Waals surface area contributed by atoms with Crippen molar-refractivity contribution in [3.8, 4) is 0 Å². The molecule has 0 aliphatic carbocycles. The van der Waals surface area contributed by atoms with E-state index in [9.17, 15) is 31.5 Å². The maximum atomic E-state index is 12.8. The average molecular weight is 567 g/mol. The van der Waals surface area contributed by atoms with Gasteiger partial charge in [-0.15, -0.1) is 0 Å². The predicted octanol–water partition coefficient (Wildman–Crippen LogP) is 5.93. The molecule has 3 aromatic carbocycles. The van der Waals surface area contributed by atoms with Crippen LogP contribution in [0.5, 0.6) is 0 Å². The van der Waals surface area contributed by atoms with Gasteiger partial charge in [-0.1, -0.05) is 55.8 Å². The van der Waals surface area contributed by atoms with Crippen molar-refractivity contribution in [3.63, 3.8) is 0 Å². The Morgan fingerprint density at radius 2 is 1.59 bits per heavy atom. The van der Waals surface area contributed by atoms with Gasteiger partial charge in [0.1, 0.15) is 0 Å². The molecule has 0 radical (unpaired) electrons. The number of carboxylic acid groups (broad SMARTS) is 2. The molecule has 0 amide bonds. The number of sulfonamides is 1. The quantitative estimate of drug-likeness (QED) is 0.278. The Morgan fingerprint density at radius 3 is 2.13 bits per heavy atom. The smallest absolute Gasteiger partial charge is 0.478 e. The molecule has 0 spiro atoms. The lowest BCUT2D eigenvalue weighted by molar-refractivity contribution is -0.192. The monoisotopic (exact) mass is 566 g/mol. The number of unbranched alkanes of at least 4 members (excludes halogenated alkanes) is 1. The Labute approximate surface area is 224 Å². The molecule has 0 fully saturated rings. The summed E-state index contributed by atoms with van der Waals surface area (Å²) in [6, 6.07) is 21.1. The van der Waals surface area contributed by atoms with E-state index < -0.39 is 28.1 Å². The molecule has 3 rings (SSSR count). The van der Waals surface area contributed by atoms with Gasteiger partial charge in [0.25, 0.3) is 10.0 Å². The average Bonchev–Trinajstić information content (AvgIpc) is 2.87. The van der Waals surface area contributed by atoms with Gasteiger partial charge in [-0.05, 0) is 54.8 Å². The molecule has 0 aliphatic rings. The van der Waals surface area contributed by atoms with Gasteiger partial charge in [0, 0.05) is 18.8 Å². The second-order valence-electron chi connectivity index (χ2n) is 8.52. The summed E-state index contributed by atoms with van der Waals surface area (Å²) in [5.74, 6) is -3.86. The van der Waals surface area contributed by atoms with Crippen LogP contribution >= 0.6 is 0 Å². The zero-order valence-electron chi connectivity index (χ0n) is 21.3. The molecule has 0 heterocycles. The molecule has 0 saturated carbocycles. The van der Waals surface area contributed by atoms with Crippen LogP contribution in [0.25, 0.3) is 0 Å². The van der Waals surface area contributed by atoms with Crippen LogP contribution in [-0.2, 0) is 21.4 Å². The first-order chi connectivity index (χ1) is 18.2. The van der Waals surface area contributed by atoms with Crippen molar-refractivity contribution in [3.05, 3.63) is 89.5 Å². The van der Waals surface area contributed by atoms with E-state index in [2.05, 4.69) is 11.6 Å². The van der Waals surface area contributed by atoms with Crippen molar-refractivity contribution >= 4 is 33.3 Å². The molecule has 8 nitrogen and oxygen atoms in total. The third-order valence-corrected chi connectivity index (χ3v) is 6.74. The molecule has 12 heteroatoms. The number of alkyl halides is 3. The van der Waals surface area contributed by atoms with Gasteiger partial charge in [-0.25, -0.2) is 18.0 Å². The Kier molecular flexibility index (Phi) is 10.9. The van der Waals surface area contributed by atoms with Crippen LogP contribution in [0.3, 0.4) is 0 Å². The number of halogens is 3. The number of benzene rings is 3. The SMILES string of the molecule is CCCCN(Cc1ccccc1)c1ccc(NS(=O)(=O)c2cccc(C)c2)cc1C(=O)O.O=C(O)C(F)(F)F. The Morgan fingerprint density at radius 1 is 0.949 bits per heavy atom. The third kappa shape index (κ3) is 9.64. The molecule has 0 aliphatic heterocycles. The van der Waals surface area contributed by atoms with E-state index in [0.29, 0.717) is 18.8 Å². The Bertz CT molecular complexity index is 1380. The van der Waals surface area contributed by atoms with E-state index >= 15 is 0 Å². The largest absolute Gasteiger partial charge is 0.490 e. The van der Waals surface area contributed by atoms with Crippen LogP contribution in [0.4, 0.5) is 24.5 Å². The highest BCUT2D eigenvalue weighted by molar-refractivity contribution is 7.92. The summed E-state index contributed by atoms with van der Waals surface area (Å²) in [7, 11) is -3.83. The summed E-state index contributed by atoms with van der Waals surface area (Å²) in [5, 5.41) is 17.0. The second kappa shape index (κ2) is 13.7. The normalized spacial score (nSPS) is 11.2. The van der Waals surface area contributed by atoms with Gasteiger partial charge in [0.2, 0.25) is 0 Å². The fourth-order valence-corrected chi connectivity index (χ4v) is 4.63. The highest BCUT2D eigenvalue weighted by Gasteiger charge is 2.38. The predicted molar refractivity (Wildman–Crippen MR) is 141 cm³/mol. The minimum atomic E-state index is -5.08. The van der Waals surface area contributed by atoms with Crippen molar-refractivity contribution in [2.45, 2.75) is 44.3 Å². The van der Waals surface area contributed by atoms with Crippen molar-refractivity contribution < 1.29 is 41.4 Å². The topological polar surface area (TPSA) is 124 Å². The number of aromatic carboxylic acids is 1. The minimum absolute atomic E-state index is 0.0569. The van der Waals surface area contributed by atoms with Crippen LogP contribution in [-0.4, -0.2) is 43.3 Å². The second-order valence-corrected chi connectivity index (χ2v) is 10.2. The molecule has 0 unspecified atom stereocenters. The van der Waals surface area contributed by atoms with E-state index in [1.807, 2.05) is 48.2 Å². The molecular formula is C27H29F3N2O6S. The fraction of sp³-hybridized carbons (Fsp3) is 0.259. The van der Waals surface area contributed by atoms with E-state index in [1.165, 1.54) is 12.1 Å². The van der Waals surface area contributed by atoms with Crippen molar-refractivity contribution in [1.82, 2.24) is 0 Å². The summed E-state index contributed by atoms with van der Waals surface area (Å²) >= 11 is 0. The summed E-state index contributed by atoms with van der Waals surface area (Å²) in [6.45, 7) is 5.16. The maximum absolute atomic E-state index is 12.8. The highest BCUT2D eigenvalue weighted by Crippen LogP contribution is 2.28. The van der Waals surface area contributed by atoms with Crippen LogP contribution < -0.4 is 9.62 Å². The standard InChI is InChI=1S/C25H28N2O4S.C2HF3O2/c1-3-4-15-27(18-20-10-6-5-7-11-20)24-14-13-21(17-23(24)25(28)29)26-32(30,31)22-12-8-9-19(2)16-22;3-2(4,5)1(6)7/h5-14,16-17,26H,3-4,15,18H2,1-2H3,(H,28,29);(H,6,7). The zero-order valence-corrected chi connectivity index (χ0v) is 22.1. The van der Waals surface area contributed by atoms with Crippen molar-refractivity contribution in [2.24, 2.45) is 0 Å². The first-order valence-electron chi connectivity index (χ1n) is 11.8. The zero-order chi connectivity index (χ0) is 29.2. The summed E-state index contributed by atoms with van der Waals surface area (Å²) in [6.07, 6.45) is -3.20.